The first-order valence-corrected chi connectivity index (χ1v) is 6.77. The summed E-state index contributed by atoms with van der Waals surface area (Å²) < 4.78 is 0. The van der Waals surface area contributed by atoms with Crippen molar-refractivity contribution in [3.05, 3.63) is 59.2 Å². The van der Waals surface area contributed by atoms with Crippen LogP contribution in [0.25, 0.3) is 0 Å². The van der Waals surface area contributed by atoms with Crippen molar-refractivity contribution in [2.75, 3.05) is 17.2 Å². The molecule has 0 aliphatic heterocycles. The van der Waals surface area contributed by atoms with Gasteiger partial charge in [0.25, 0.3) is 0 Å². The van der Waals surface area contributed by atoms with Crippen molar-refractivity contribution in [2.24, 2.45) is 0 Å². The second-order valence-corrected chi connectivity index (χ2v) is 4.98. The number of aryl methyl sites for hydroxylation is 2. The lowest BCUT2D eigenvalue weighted by Crippen LogP contribution is -2.22. The summed E-state index contributed by atoms with van der Waals surface area (Å²) in [4.78, 5) is 2.35. The van der Waals surface area contributed by atoms with Crippen molar-refractivity contribution in [1.29, 1.82) is 0 Å². The maximum atomic E-state index is 6.01. The Morgan fingerprint density at radius 1 is 1.00 bits per heavy atom. The number of nitrogens with zero attached hydrogens (tertiary/aromatic N) is 1. The highest BCUT2D eigenvalue weighted by Gasteiger charge is 2.08. The summed E-state index contributed by atoms with van der Waals surface area (Å²) in [6.45, 7) is 8.26. The fourth-order valence-corrected chi connectivity index (χ4v) is 2.20. The van der Waals surface area contributed by atoms with Crippen molar-refractivity contribution in [2.45, 2.75) is 27.3 Å². The lowest BCUT2D eigenvalue weighted by Gasteiger charge is -2.24. The van der Waals surface area contributed by atoms with Crippen molar-refractivity contribution in [3.8, 4) is 0 Å². The Morgan fingerprint density at radius 3 is 2.37 bits per heavy atom. The summed E-state index contributed by atoms with van der Waals surface area (Å²) in [5, 5.41) is 0. The molecule has 0 saturated heterocycles. The molecular weight excluding hydrogens is 232 g/mol. The van der Waals surface area contributed by atoms with Gasteiger partial charge in [-0.2, -0.15) is 0 Å². The Kier molecular flexibility index (Phi) is 4.10. The molecule has 0 aliphatic rings. The van der Waals surface area contributed by atoms with Crippen molar-refractivity contribution >= 4 is 11.4 Å². The van der Waals surface area contributed by atoms with Crippen molar-refractivity contribution in [1.82, 2.24) is 0 Å². The van der Waals surface area contributed by atoms with E-state index in [0.29, 0.717) is 0 Å². The van der Waals surface area contributed by atoms with Gasteiger partial charge in [0.05, 0.1) is 0 Å². The van der Waals surface area contributed by atoms with Gasteiger partial charge in [0.1, 0.15) is 0 Å². The maximum absolute atomic E-state index is 6.01. The summed E-state index contributed by atoms with van der Waals surface area (Å²) in [7, 11) is 0. The highest BCUT2D eigenvalue weighted by molar-refractivity contribution is 5.60. The van der Waals surface area contributed by atoms with Gasteiger partial charge in [-0.15, -0.1) is 0 Å². The summed E-state index contributed by atoms with van der Waals surface area (Å²) in [5.74, 6) is 0. The lowest BCUT2D eigenvalue weighted by atomic mass is 10.1. The lowest BCUT2D eigenvalue weighted by molar-refractivity contribution is 0.827. The molecule has 2 aromatic rings. The smallest absolute Gasteiger partial charge is 0.0431 e. The van der Waals surface area contributed by atoms with Crippen LogP contribution in [-0.2, 0) is 6.54 Å². The SMILES string of the molecule is CCN(Cc1ccccc1C)c1ccc(C)c(N)c1. The number of benzene rings is 2. The van der Waals surface area contributed by atoms with E-state index in [1.54, 1.807) is 0 Å². The van der Waals surface area contributed by atoms with Crippen LogP contribution in [0.2, 0.25) is 0 Å². The van der Waals surface area contributed by atoms with Crippen LogP contribution in [0, 0.1) is 13.8 Å². The third-order valence-corrected chi connectivity index (χ3v) is 3.63. The summed E-state index contributed by atoms with van der Waals surface area (Å²) in [6.07, 6.45) is 0. The van der Waals surface area contributed by atoms with Gasteiger partial charge in [0.15, 0.2) is 0 Å². The van der Waals surface area contributed by atoms with E-state index >= 15 is 0 Å². The minimum Gasteiger partial charge on any atom is -0.398 e. The van der Waals surface area contributed by atoms with Crippen LogP contribution in [0.3, 0.4) is 0 Å². The molecule has 0 spiro atoms. The van der Waals surface area contributed by atoms with Crippen LogP contribution in [-0.4, -0.2) is 6.54 Å². The topological polar surface area (TPSA) is 29.3 Å². The Morgan fingerprint density at radius 2 is 1.74 bits per heavy atom. The number of rotatable bonds is 4. The van der Waals surface area contributed by atoms with Gasteiger partial charge in [-0.3, -0.25) is 0 Å². The van der Waals surface area contributed by atoms with Crippen LogP contribution in [0.1, 0.15) is 23.6 Å². The van der Waals surface area contributed by atoms with E-state index in [9.17, 15) is 0 Å². The largest absolute Gasteiger partial charge is 0.398 e. The molecular formula is C17H22N2. The molecule has 2 heteroatoms. The normalized spacial score (nSPS) is 10.5. The quantitative estimate of drug-likeness (QED) is 0.838. The average molecular weight is 254 g/mol. The monoisotopic (exact) mass is 254 g/mol. The Labute approximate surface area is 115 Å². The zero-order chi connectivity index (χ0) is 13.8. The highest BCUT2D eigenvalue weighted by Crippen LogP contribution is 2.23. The molecule has 0 aliphatic carbocycles. The summed E-state index contributed by atoms with van der Waals surface area (Å²) >= 11 is 0. The first kappa shape index (κ1) is 13.5. The van der Waals surface area contributed by atoms with Gasteiger partial charge in [0.2, 0.25) is 0 Å². The molecule has 100 valence electrons. The van der Waals surface area contributed by atoms with Gasteiger partial charge < -0.3 is 10.6 Å². The molecule has 0 heterocycles. The van der Waals surface area contributed by atoms with E-state index in [1.165, 1.54) is 16.8 Å². The molecule has 0 radical (unpaired) electrons. The molecule has 0 saturated carbocycles. The van der Waals surface area contributed by atoms with E-state index < -0.39 is 0 Å². The first-order chi connectivity index (χ1) is 9.11. The van der Waals surface area contributed by atoms with Gasteiger partial charge in [-0.25, -0.2) is 0 Å². The molecule has 2 rings (SSSR count). The molecule has 0 unspecified atom stereocenters. The van der Waals surface area contributed by atoms with Crippen LogP contribution in [0.15, 0.2) is 42.5 Å². The predicted octanol–water partition coefficient (Wildman–Crippen LogP) is 3.91. The third kappa shape index (κ3) is 3.08. The zero-order valence-corrected chi connectivity index (χ0v) is 12.0. The van der Waals surface area contributed by atoms with Crippen LogP contribution in [0.5, 0.6) is 0 Å². The fourth-order valence-electron chi connectivity index (χ4n) is 2.20. The maximum Gasteiger partial charge on any atom is 0.0431 e. The van der Waals surface area contributed by atoms with Crippen molar-refractivity contribution < 1.29 is 0 Å². The first-order valence-electron chi connectivity index (χ1n) is 6.77. The number of nitrogen functional groups attached to an aromatic ring is 1. The molecule has 19 heavy (non-hydrogen) atoms. The minimum atomic E-state index is 0.862. The van der Waals surface area contributed by atoms with Gasteiger partial charge in [-0.05, 0) is 49.6 Å². The molecule has 2 nitrogen and oxygen atoms in total. The predicted molar refractivity (Wildman–Crippen MR) is 83.5 cm³/mol. The Hall–Kier alpha value is -1.96. The Balaban J connectivity index is 2.25. The van der Waals surface area contributed by atoms with Crippen LogP contribution < -0.4 is 10.6 Å². The second-order valence-electron chi connectivity index (χ2n) is 4.98. The van der Waals surface area contributed by atoms with E-state index in [0.717, 1.165) is 24.3 Å². The van der Waals surface area contributed by atoms with Crippen LogP contribution in [0.4, 0.5) is 11.4 Å². The number of hydrogen-bond acceptors (Lipinski definition) is 2. The molecule has 0 bridgehead atoms. The molecule has 0 amide bonds. The van der Waals surface area contributed by atoms with Gasteiger partial charge in [0, 0.05) is 24.5 Å². The average Bonchev–Trinajstić information content (AvgIpc) is 2.41. The Bertz CT molecular complexity index is 561. The summed E-state index contributed by atoms with van der Waals surface area (Å²) in [6, 6.07) is 14.8. The van der Waals surface area contributed by atoms with Gasteiger partial charge >= 0.3 is 0 Å². The molecule has 0 aromatic heterocycles. The number of nitrogens with two attached hydrogens (primary N) is 1. The number of hydrogen-bond donors (Lipinski definition) is 1. The van der Waals surface area contributed by atoms with Gasteiger partial charge in [-0.1, -0.05) is 30.3 Å². The van der Waals surface area contributed by atoms with E-state index in [4.69, 9.17) is 5.73 Å². The molecule has 0 atom stereocenters. The van der Waals surface area contributed by atoms with Crippen LogP contribution >= 0.6 is 0 Å². The minimum absolute atomic E-state index is 0.862. The second kappa shape index (κ2) is 5.79. The van der Waals surface area contributed by atoms with E-state index in [2.05, 4.69) is 61.2 Å². The highest BCUT2D eigenvalue weighted by atomic mass is 15.1. The molecule has 2 N–H and O–H groups in total. The van der Waals surface area contributed by atoms with E-state index in [-0.39, 0.29) is 0 Å². The number of anilines is 2. The fraction of sp³-hybridized carbons (Fsp3) is 0.294. The van der Waals surface area contributed by atoms with E-state index in [1.807, 2.05) is 6.92 Å². The molecule has 2 aromatic carbocycles. The standard InChI is InChI=1S/C17H22N2/c1-4-19(12-15-8-6-5-7-13(15)2)16-10-9-14(3)17(18)11-16/h5-11H,4,12,18H2,1-3H3. The zero-order valence-electron chi connectivity index (χ0n) is 12.0. The molecule has 0 fully saturated rings. The van der Waals surface area contributed by atoms with Crippen molar-refractivity contribution in [3.63, 3.8) is 0 Å². The third-order valence-electron chi connectivity index (χ3n) is 3.63. The summed E-state index contributed by atoms with van der Waals surface area (Å²) in [5.41, 5.74) is 11.9.